The number of amides is 1. The maximum absolute atomic E-state index is 12.3. The number of rotatable bonds is 5. The van der Waals surface area contributed by atoms with Gasteiger partial charge in [-0.3, -0.25) is 4.79 Å². The lowest BCUT2D eigenvalue weighted by Crippen LogP contribution is -2.53. The van der Waals surface area contributed by atoms with Gasteiger partial charge in [-0.2, -0.15) is 0 Å². The Balaban J connectivity index is 2.00. The minimum absolute atomic E-state index is 0.00795. The third kappa shape index (κ3) is 4.01. The van der Waals surface area contributed by atoms with Gasteiger partial charge in [0.1, 0.15) is 0 Å². The topological polar surface area (TPSA) is 50.8 Å². The molecule has 1 heterocycles. The highest BCUT2D eigenvalue weighted by Crippen LogP contribution is 2.28. The third-order valence-electron chi connectivity index (χ3n) is 3.72. The first kappa shape index (κ1) is 16.4. The van der Waals surface area contributed by atoms with Gasteiger partial charge in [0.2, 0.25) is 0 Å². The van der Waals surface area contributed by atoms with Gasteiger partial charge in [-0.15, -0.1) is 0 Å². The maximum atomic E-state index is 12.3. The molecule has 1 atom stereocenters. The molecule has 5 nitrogen and oxygen atoms in total. The fraction of sp³-hybridized carbons (Fsp3) is 0.471. The van der Waals surface area contributed by atoms with E-state index in [1.165, 1.54) is 0 Å². The summed E-state index contributed by atoms with van der Waals surface area (Å²) in [5, 5.41) is 3.27. The lowest BCUT2D eigenvalue weighted by atomic mass is 10.2. The lowest BCUT2D eigenvalue weighted by molar-refractivity contribution is -0.136. The molecule has 1 amide bonds. The molecule has 0 saturated carbocycles. The van der Waals surface area contributed by atoms with Gasteiger partial charge in [0, 0.05) is 25.7 Å². The molecule has 0 aliphatic carbocycles. The van der Waals surface area contributed by atoms with Crippen LogP contribution in [0.5, 0.6) is 11.5 Å². The largest absolute Gasteiger partial charge is 0.493 e. The Morgan fingerprint density at radius 1 is 1.45 bits per heavy atom. The second-order valence-corrected chi connectivity index (χ2v) is 5.34. The standard InChI is InChI=1S/C17H24N2O3/c1-4-5-14-6-7-15(16(10-14)21-3)22-12-17(20)19-9-8-18-11-13(19)2/h4-7,10,13,18H,8-9,11-12H2,1-3H3/b5-4+/t13-/m0/s1. The number of piperazine rings is 1. The van der Waals surface area contributed by atoms with Crippen LogP contribution in [0.4, 0.5) is 0 Å². The number of hydrogen-bond acceptors (Lipinski definition) is 4. The summed E-state index contributed by atoms with van der Waals surface area (Å²) in [6.07, 6.45) is 3.95. The zero-order chi connectivity index (χ0) is 15.9. The molecule has 1 N–H and O–H groups in total. The minimum Gasteiger partial charge on any atom is -0.493 e. The van der Waals surface area contributed by atoms with Gasteiger partial charge in [0.25, 0.3) is 5.91 Å². The molecule has 0 radical (unpaired) electrons. The number of hydrogen-bond donors (Lipinski definition) is 1. The molecule has 22 heavy (non-hydrogen) atoms. The van der Waals surface area contributed by atoms with Gasteiger partial charge in [-0.05, 0) is 31.5 Å². The van der Waals surface area contributed by atoms with Crippen LogP contribution in [0.3, 0.4) is 0 Å². The number of carbonyl (C=O) groups excluding carboxylic acids is 1. The number of allylic oxidation sites excluding steroid dienone is 1. The van der Waals surface area contributed by atoms with Gasteiger partial charge >= 0.3 is 0 Å². The Kier molecular flexibility index (Phi) is 5.83. The molecule has 1 aliphatic rings. The number of nitrogens with zero attached hydrogens (tertiary/aromatic N) is 1. The first-order valence-electron chi connectivity index (χ1n) is 7.59. The van der Waals surface area contributed by atoms with Gasteiger partial charge in [-0.1, -0.05) is 18.2 Å². The van der Waals surface area contributed by atoms with E-state index in [1.54, 1.807) is 7.11 Å². The van der Waals surface area contributed by atoms with E-state index >= 15 is 0 Å². The van der Waals surface area contributed by atoms with E-state index in [9.17, 15) is 4.79 Å². The van der Waals surface area contributed by atoms with E-state index in [-0.39, 0.29) is 18.6 Å². The molecule has 1 saturated heterocycles. The molecule has 1 aromatic carbocycles. The SMILES string of the molecule is C/C=C/c1ccc(OCC(=O)N2CCNC[C@@H]2C)c(OC)c1. The van der Waals surface area contributed by atoms with Gasteiger partial charge < -0.3 is 19.7 Å². The van der Waals surface area contributed by atoms with Crippen molar-refractivity contribution in [2.24, 2.45) is 0 Å². The minimum atomic E-state index is 0.00795. The normalized spacial score (nSPS) is 18.5. The lowest BCUT2D eigenvalue weighted by Gasteiger charge is -2.33. The van der Waals surface area contributed by atoms with Gasteiger partial charge in [0.15, 0.2) is 18.1 Å². The van der Waals surface area contributed by atoms with Crippen LogP contribution in [-0.2, 0) is 4.79 Å². The molecule has 5 heteroatoms. The van der Waals surface area contributed by atoms with E-state index in [0.29, 0.717) is 11.5 Å². The van der Waals surface area contributed by atoms with Crippen molar-refractivity contribution in [3.63, 3.8) is 0 Å². The summed E-state index contributed by atoms with van der Waals surface area (Å²) in [4.78, 5) is 14.1. The van der Waals surface area contributed by atoms with Crippen LogP contribution in [0.25, 0.3) is 6.08 Å². The molecule has 0 aromatic heterocycles. The number of methoxy groups -OCH3 is 1. The highest BCUT2D eigenvalue weighted by molar-refractivity contribution is 5.78. The highest BCUT2D eigenvalue weighted by Gasteiger charge is 2.23. The van der Waals surface area contributed by atoms with Crippen LogP contribution >= 0.6 is 0 Å². The van der Waals surface area contributed by atoms with Crippen molar-refractivity contribution in [2.75, 3.05) is 33.4 Å². The predicted octanol–water partition coefficient (Wildman–Crippen LogP) is 1.93. The first-order chi connectivity index (χ1) is 10.7. The fourth-order valence-corrected chi connectivity index (χ4v) is 2.53. The van der Waals surface area contributed by atoms with Crippen molar-refractivity contribution in [1.29, 1.82) is 0 Å². The zero-order valence-electron chi connectivity index (χ0n) is 13.5. The van der Waals surface area contributed by atoms with Crippen molar-refractivity contribution in [2.45, 2.75) is 19.9 Å². The van der Waals surface area contributed by atoms with E-state index in [4.69, 9.17) is 9.47 Å². The smallest absolute Gasteiger partial charge is 0.260 e. The molecule has 120 valence electrons. The predicted molar refractivity (Wildman–Crippen MR) is 87.2 cm³/mol. The Bertz CT molecular complexity index is 543. The summed E-state index contributed by atoms with van der Waals surface area (Å²) in [5.74, 6) is 1.23. The Hall–Kier alpha value is -2.01. The van der Waals surface area contributed by atoms with Crippen LogP contribution in [0.15, 0.2) is 24.3 Å². The number of benzene rings is 1. The Morgan fingerprint density at radius 3 is 2.95 bits per heavy atom. The summed E-state index contributed by atoms with van der Waals surface area (Å²) < 4.78 is 11.0. The van der Waals surface area contributed by atoms with Crippen molar-refractivity contribution in [1.82, 2.24) is 10.2 Å². The summed E-state index contributed by atoms with van der Waals surface area (Å²) in [6.45, 7) is 6.41. The third-order valence-corrected chi connectivity index (χ3v) is 3.72. The number of ether oxygens (including phenoxy) is 2. The van der Waals surface area contributed by atoms with Crippen molar-refractivity contribution in [3.8, 4) is 11.5 Å². The summed E-state index contributed by atoms with van der Waals surface area (Å²) in [5.41, 5.74) is 1.04. The van der Waals surface area contributed by atoms with Crippen LogP contribution < -0.4 is 14.8 Å². The molecule has 1 aromatic rings. The quantitative estimate of drug-likeness (QED) is 0.903. The van der Waals surface area contributed by atoms with Crippen molar-refractivity contribution >= 4 is 12.0 Å². The van der Waals surface area contributed by atoms with E-state index < -0.39 is 0 Å². The van der Waals surface area contributed by atoms with Crippen LogP contribution in [0, 0.1) is 0 Å². The molecule has 1 fully saturated rings. The van der Waals surface area contributed by atoms with E-state index in [0.717, 1.165) is 25.2 Å². The van der Waals surface area contributed by atoms with Gasteiger partial charge in [-0.25, -0.2) is 0 Å². The Labute approximate surface area is 131 Å². The van der Waals surface area contributed by atoms with E-state index in [1.807, 2.05) is 49.1 Å². The second kappa shape index (κ2) is 7.84. The number of carbonyl (C=O) groups is 1. The fourth-order valence-electron chi connectivity index (χ4n) is 2.53. The number of nitrogens with one attached hydrogen (secondary N) is 1. The van der Waals surface area contributed by atoms with Crippen molar-refractivity contribution in [3.05, 3.63) is 29.8 Å². The average molecular weight is 304 g/mol. The Morgan fingerprint density at radius 2 is 2.27 bits per heavy atom. The molecule has 0 spiro atoms. The maximum Gasteiger partial charge on any atom is 0.260 e. The highest BCUT2D eigenvalue weighted by atomic mass is 16.5. The molecule has 1 aliphatic heterocycles. The van der Waals surface area contributed by atoms with Crippen LogP contribution in [0.2, 0.25) is 0 Å². The second-order valence-electron chi connectivity index (χ2n) is 5.34. The first-order valence-corrected chi connectivity index (χ1v) is 7.59. The molecule has 0 unspecified atom stereocenters. The monoisotopic (exact) mass is 304 g/mol. The summed E-state index contributed by atoms with van der Waals surface area (Å²) >= 11 is 0. The zero-order valence-corrected chi connectivity index (χ0v) is 13.5. The molecule has 0 bridgehead atoms. The van der Waals surface area contributed by atoms with Crippen molar-refractivity contribution < 1.29 is 14.3 Å². The molecular weight excluding hydrogens is 280 g/mol. The van der Waals surface area contributed by atoms with Crippen LogP contribution in [-0.4, -0.2) is 50.2 Å². The van der Waals surface area contributed by atoms with Gasteiger partial charge in [0.05, 0.1) is 7.11 Å². The molecule has 2 rings (SSSR count). The molecular formula is C17H24N2O3. The summed E-state index contributed by atoms with van der Waals surface area (Å²) in [7, 11) is 1.60. The average Bonchev–Trinajstić information content (AvgIpc) is 2.54. The summed E-state index contributed by atoms with van der Waals surface area (Å²) in [6, 6.07) is 5.87. The van der Waals surface area contributed by atoms with Crippen LogP contribution in [0.1, 0.15) is 19.4 Å². The van der Waals surface area contributed by atoms with E-state index in [2.05, 4.69) is 5.32 Å².